The highest BCUT2D eigenvalue weighted by Gasteiger charge is 2.45. The van der Waals surface area contributed by atoms with E-state index in [4.69, 9.17) is 27.1 Å². The number of thiophene rings is 1. The van der Waals surface area contributed by atoms with Crippen LogP contribution in [0.1, 0.15) is 97.7 Å². The SMILES string of the molecule is Cc1sc2c(c1C)C(c1ccc(Cl)cc1)=N[C@@H](CC(=O)NC[C@H]1NC(=O)[C@@H](CCCCN)NC(=O)[C@@H](Cc3ccc(-c4ccccc4)cc3)NC(=O)[C@@H]3C[C@@H](O)CN3C(=O)[C@H](C(C)(C)C)NC(=O)COCCNC1=O)c1nnc(C)n1-2. The van der Waals surface area contributed by atoms with Gasteiger partial charge in [0.05, 0.1) is 24.8 Å². The van der Waals surface area contributed by atoms with Gasteiger partial charge in [0.2, 0.25) is 41.4 Å². The van der Waals surface area contributed by atoms with Crippen LogP contribution in [0.15, 0.2) is 83.9 Å². The van der Waals surface area contributed by atoms with Crippen molar-refractivity contribution in [2.75, 3.05) is 39.4 Å². The fourth-order valence-corrected chi connectivity index (χ4v) is 11.5. The molecule has 0 bridgehead atoms. The van der Waals surface area contributed by atoms with E-state index in [9.17, 15) is 38.7 Å². The Bertz CT molecular complexity index is 3140. The molecule has 7 amide bonds. The number of fused-ring (bicyclic) bond motifs is 4. The minimum Gasteiger partial charge on any atom is -0.391 e. The second-order valence-electron chi connectivity index (χ2n) is 21.8. The molecule has 8 rings (SSSR count). The third kappa shape index (κ3) is 14.6. The van der Waals surface area contributed by atoms with Crippen LogP contribution < -0.4 is 37.6 Å². The standard InChI is InChI=1S/C58H71ClN12O9S/c1-32-33(2)81-57-48(32)49(38-19-21-39(59)22-20-38)63-42(51-69-68-34(3)71(51)57)28-46(73)62-29-44-52(75)61-24-25-80-31-47(74)67-50(58(4,5)6)56(79)70-30-40(72)27-45(70)55(78)65-43(54(77)64-41(53(76)66-44)14-10-11-23-60)26-35-15-17-37(18-16-35)36-12-8-7-9-13-36/h7-9,12-13,15-22,40-45,50,72H,10-11,14,23-31,60H2,1-6H3,(H,61,75)(H,62,73)(H,64,77)(H,65,78)(H,66,76)(H,67,74)/t40-,41-,42+,43-,44-,45+,50-/m1/s1. The van der Waals surface area contributed by atoms with E-state index in [1.807, 2.05) is 92.1 Å². The van der Waals surface area contributed by atoms with Crippen LogP contribution in [0.3, 0.4) is 0 Å². The number of nitrogens with zero attached hydrogens (tertiary/aromatic N) is 5. The van der Waals surface area contributed by atoms with E-state index in [0.717, 1.165) is 37.7 Å². The molecule has 430 valence electrons. The summed E-state index contributed by atoms with van der Waals surface area (Å²) in [6.45, 7) is 9.95. The molecule has 0 spiro atoms. The Morgan fingerprint density at radius 3 is 2.20 bits per heavy atom. The van der Waals surface area contributed by atoms with Crippen LogP contribution in [-0.2, 0) is 44.7 Å². The molecule has 2 fully saturated rings. The molecule has 81 heavy (non-hydrogen) atoms. The first kappa shape index (κ1) is 59.7. The molecule has 3 aliphatic rings. The maximum absolute atomic E-state index is 14.8. The molecule has 2 aromatic heterocycles. The number of carbonyl (C=O) groups is 7. The number of benzene rings is 3. The predicted octanol–water partition coefficient (Wildman–Crippen LogP) is 3.44. The monoisotopic (exact) mass is 1150 g/mol. The Morgan fingerprint density at radius 2 is 1.49 bits per heavy atom. The first-order valence-corrected chi connectivity index (χ1v) is 28.4. The van der Waals surface area contributed by atoms with Crippen molar-refractivity contribution in [3.05, 3.63) is 123 Å². The molecule has 0 radical (unpaired) electrons. The van der Waals surface area contributed by atoms with Crippen LogP contribution in [0.2, 0.25) is 5.02 Å². The van der Waals surface area contributed by atoms with Gasteiger partial charge in [0.15, 0.2) is 5.82 Å². The Hall–Kier alpha value is -7.37. The van der Waals surface area contributed by atoms with Crippen molar-refractivity contribution in [1.82, 2.24) is 51.6 Å². The highest BCUT2D eigenvalue weighted by molar-refractivity contribution is 7.15. The number of aliphatic hydroxyl groups excluding tert-OH is 1. The van der Waals surface area contributed by atoms with E-state index in [-0.39, 0.29) is 51.9 Å². The van der Waals surface area contributed by atoms with Crippen molar-refractivity contribution in [2.24, 2.45) is 16.1 Å². The zero-order valence-corrected chi connectivity index (χ0v) is 47.9. The van der Waals surface area contributed by atoms with Gasteiger partial charge < -0.3 is 52.4 Å². The van der Waals surface area contributed by atoms with Gasteiger partial charge in [0.25, 0.3) is 0 Å². The molecule has 0 aliphatic carbocycles. The Kier molecular flexibility index (Phi) is 19.5. The van der Waals surface area contributed by atoms with E-state index in [1.54, 1.807) is 44.2 Å². The lowest BCUT2D eigenvalue weighted by Gasteiger charge is -2.35. The summed E-state index contributed by atoms with van der Waals surface area (Å²) in [5.74, 6) is -3.76. The van der Waals surface area contributed by atoms with E-state index >= 15 is 0 Å². The molecule has 5 aromatic rings. The third-order valence-corrected chi connectivity index (χ3v) is 16.1. The zero-order chi connectivity index (χ0) is 58.1. The summed E-state index contributed by atoms with van der Waals surface area (Å²) < 4.78 is 7.55. The number of amides is 7. The molecule has 0 saturated carbocycles. The van der Waals surface area contributed by atoms with Gasteiger partial charge in [-0.05, 0) is 86.4 Å². The van der Waals surface area contributed by atoms with Crippen molar-refractivity contribution in [3.8, 4) is 16.1 Å². The second-order valence-corrected chi connectivity index (χ2v) is 23.4. The lowest BCUT2D eigenvalue weighted by atomic mass is 9.85. The number of rotatable bonds is 12. The fourth-order valence-electron chi connectivity index (χ4n) is 10.1. The first-order chi connectivity index (χ1) is 38.7. The maximum atomic E-state index is 14.8. The van der Waals surface area contributed by atoms with E-state index in [1.165, 1.54) is 4.90 Å². The Labute approximate surface area is 479 Å². The van der Waals surface area contributed by atoms with Crippen LogP contribution in [0.25, 0.3) is 16.1 Å². The second kappa shape index (κ2) is 26.5. The highest BCUT2D eigenvalue weighted by Crippen LogP contribution is 2.40. The molecule has 3 aromatic carbocycles. The van der Waals surface area contributed by atoms with E-state index in [0.29, 0.717) is 40.8 Å². The minimum absolute atomic E-state index is 0.0552. The molecule has 3 aliphatic heterocycles. The van der Waals surface area contributed by atoms with Crippen molar-refractivity contribution in [3.63, 3.8) is 0 Å². The Morgan fingerprint density at radius 1 is 0.827 bits per heavy atom. The largest absolute Gasteiger partial charge is 0.391 e. The molecule has 9 N–H and O–H groups in total. The topological polar surface area (TPSA) is 293 Å². The number of halogens is 1. The molecule has 0 unspecified atom stereocenters. The molecule has 23 heteroatoms. The average molecular weight is 1150 g/mol. The fraction of sp³-hybridized carbons (Fsp3) is 0.448. The minimum atomic E-state index is -1.42. The quantitative estimate of drug-likeness (QED) is 0.0835. The molecule has 2 saturated heterocycles. The molecular formula is C58H71ClN12O9S. The van der Waals surface area contributed by atoms with Crippen LogP contribution in [0.5, 0.6) is 0 Å². The number of carbonyl (C=O) groups excluding carboxylic acids is 7. The normalized spacial score (nSPS) is 22.6. The Balaban J connectivity index is 1.08. The van der Waals surface area contributed by atoms with Crippen LogP contribution >= 0.6 is 22.9 Å². The number of nitrogens with two attached hydrogens (primary N) is 1. The van der Waals surface area contributed by atoms with E-state index in [2.05, 4.69) is 42.1 Å². The summed E-state index contributed by atoms with van der Waals surface area (Å²) in [6, 6.07) is 17.1. The van der Waals surface area contributed by atoms with Gasteiger partial charge in [0, 0.05) is 53.5 Å². The summed E-state index contributed by atoms with van der Waals surface area (Å²) >= 11 is 7.88. The lowest BCUT2D eigenvalue weighted by molar-refractivity contribution is -0.145. The number of hydrogen-bond acceptors (Lipinski definition) is 14. The zero-order valence-electron chi connectivity index (χ0n) is 46.3. The summed E-state index contributed by atoms with van der Waals surface area (Å²) in [7, 11) is 0. The molecule has 7 atom stereocenters. The maximum Gasteiger partial charge on any atom is 0.246 e. The number of aliphatic imine (C=N–C) groups is 1. The third-order valence-electron chi connectivity index (χ3n) is 14.6. The number of nitrogens with one attached hydrogen (secondary N) is 6. The van der Waals surface area contributed by atoms with Crippen molar-refractivity contribution >= 4 is 70.0 Å². The molecule has 21 nitrogen and oxygen atoms in total. The van der Waals surface area contributed by atoms with Gasteiger partial charge in [-0.3, -0.25) is 43.1 Å². The van der Waals surface area contributed by atoms with Gasteiger partial charge in [0.1, 0.15) is 53.7 Å². The first-order valence-electron chi connectivity index (χ1n) is 27.2. The summed E-state index contributed by atoms with van der Waals surface area (Å²) in [5.41, 5.74) is 10.8. The lowest BCUT2D eigenvalue weighted by Crippen LogP contribution is -2.61. The molecule has 5 heterocycles. The number of unbranched alkanes of at least 4 members (excludes halogenated alkanes) is 1. The van der Waals surface area contributed by atoms with Crippen LogP contribution in [-0.4, -0.2) is 148 Å². The van der Waals surface area contributed by atoms with E-state index < -0.39 is 102 Å². The average Bonchev–Trinajstić information content (AvgIpc) is 4.21. The van der Waals surface area contributed by atoms with Gasteiger partial charge in [-0.15, -0.1) is 21.5 Å². The number of hydrogen-bond donors (Lipinski definition) is 8. The smallest absolute Gasteiger partial charge is 0.246 e. The summed E-state index contributed by atoms with van der Waals surface area (Å²) in [4.78, 5) is 108. The van der Waals surface area contributed by atoms with Crippen molar-refractivity contribution in [2.45, 2.75) is 122 Å². The van der Waals surface area contributed by atoms with Gasteiger partial charge in [-0.1, -0.05) is 99.1 Å². The van der Waals surface area contributed by atoms with Crippen molar-refractivity contribution < 1.29 is 43.4 Å². The number of aromatic nitrogens is 3. The van der Waals surface area contributed by atoms with Crippen LogP contribution in [0, 0.1) is 26.2 Å². The molecular weight excluding hydrogens is 1080 g/mol. The predicted molar refractivity (Wildman–Crippen MR) is 307 cm³/mol. The highest BCUT2D eigenvalue weighted by atomic mass is 35.5. The summed E-state index contributed by atoms with van der Waals surface area (Å²) in [5, 5.41) is 38.0. The summed E-state index contributed by atoms with van der Waals surface area (Å²) in [6.07, 6.45) is -0.598. The number of aliphatic hydroxyl groups is 1. The van der Waals surface area contributed by atoms with Crippen molar-refractivity contribution in [1.29, 1.82) is 0 Å². The van der Waals surface area contributed by atoms with Gasteiger partial charge in [-0.2, -0.15) is 0 Å². The van der Waals surface area contributed by atoms with Crippen LogP contribution in [0.4, 0.5) is 0 Å². The number of aryl methyl sites for hydroxylation is 2. The van der Waals surface area contributed by atoms with Gasteiger partial charge in [-0.25, -0.2) is 0 Å². The van der Waals surface area contributed by atoms with Gasteiger partial charge >= 0.3 is 0 Å². The number of ether oxygens (including phenoxy) is 1.